The first-order valence-corrected chi connectivity index (χ1v) is 6.97. The lowest BCUT2D eigenvalue weighted by atomic mass is 10.1. The van der Waals surface area contributed by atoms with Crippen LogP contribution in [0.5, 0.6) is 0 Å². The second-order valence-electron chi connectivity index (χ2n) is 6.06. The first-order chi connectivity index (χ1) is 9.78. The summed E-state index contributed by atoms with van der Waals surface area (Å²) < 4.78 is 6.64. The molecule has 0 spiro atoms. The molecule has 0 saturated heterocycles. The standard InChI is InChI=1S/C16H20N2O3/c1-11(19)9-10-13-12-7-5-6-8-14(12)18(17-13)15(20)21-16(2,3)4/h5-8H,9-10H2,1-4H3. The van der Waals surface area contributed by atoms with Gasteiger partial charge in [0.1, 0.15) is 11.4 Å². The Hall–Kier alpha value is -2.17. The quantitative estimate of drug-likeness (QED) is 0.869. The number of hydrogen-bond acceptors (Lipinski definition) is 4. The molecule has 0 atom stereocenters. The summed E-state index contributed by atoms with van der Waals surface area (Å²) in [5.74, 6) is 0.103. The fourth-order valence-corrected chi connectivity index (χ4v) is 2.05. The van der Waals surface area contributed by atoms with Crippen LogP contribution in [0.1, 0.15) is 39.8 Å². The van der Waals surface area contributed by atoms with E-state index in [1.54, 1.807) is 6.92 Å². The Balaban J connectivity index is 2.40. The fraction of sp³-hybridized carbons (Fsp3) is 0.438. The molecule has 1 heterocycles. The molecule has 2 rings (SSSR count). The van der Waals surface area contributed by atoms with E-state index in [1.807, 2.05) is 45.0 Å². The summed E-state index contributed by atoms with van der Waals surface area (Å²) >= 11 is 0. The number of ether oxygens (including phenoxy) is 1. The topological polar surface area (TPSA) is 61.2 Å². The van der Waals surface area contributed by atoms with Gasteiger partial charge < -0.3 is 9.53 Å². The van der Waals surface area contributed by atoms with E-state index in [1.165, 1.54) is 4.68 Å². The van der Waals surface area contributed by atoms with Gasteiger partial charge in [0, 0.05) is 11.8 Å². The number of Topliss-reactive ketones (excluding diaryl/α,β-unsaturated/α-hetero) is 1. The van der Waals surface area contributed by atoms with Crippen molar-refractivity contribution in [3.05, 3.63) is 30.0 Å². The average Bonchev–Trinajstić information content (AvgIpc) is 2.73. The predicted octanol–water partition coefficient (Wildman–Crippen LogP) is 3.34. The molecule has 0 unspecified atom stereocenters. The molecular weight excluding hydrogens is 268 g/mol. The van der Waals surface area contributed by atoms with Crippen LogP contribution in [0.4, 0.5) is 4.79 Å². The molecule has 1 aromatic carbocycles. The third kappa shape index (κ3) is 3.68. The van der Waals surface area contributed by atoms with Gasteiger partial charge in [-0.2, -0.15) is 9.78 Å². The second kappa shape index (κ2) is 5.68. The highest BCUT2D eigenvalue weighted by atomic mass is 16.6. The van der Waals surface area contributed by atoms with Crippen LogP contribution in [0.15, 0.2) is 24.3 Å². The van der Waals surface area contributed by atoms with Crippen molar-refractivity contribution in [1.29, 1.82) is 0 Å². The number of para-hydroxylation sites is 1. The van der Waals surface area contributed by atoms with Crippen LogP contribution in [0, 0.1) is 0 Å². The Labute approximate surface area is 123 Å². The molecule has 0 radical (unpaired) electrons. The van der Waals surface area contributed by atoms with Crippen LogP contribution in [-0.2, 0) is 16.0 Å². The number of hydrogen-bond donors (Lipinski definition) is 0. The van der Waals surface area contributed by atoms with Crippen molar-refractivity contribution in [2.75, 3.05) is 0 Å². The third-order valence-corrected chi connectivity index (χ3v) is 2.94. The van der Waals surface area contributed by atoms with Gasteiger partial charge in [0.15, 0.2) is 0 Å². The first kappa shape index (κ1) is 15.2. The van der Waals surface area contributed by atoms with Gasteiger partial charge in [-0.15, -0.1) is 0 Å². The average molecular weight is 288 g/mol. The van der Waals surface area contributed by atoms with Crippen LogP contribution in [0.2, 0.25) is 0 Å². The lowest BCUT2D eigenvalue weighted by Crippen LogP contribution is -2.27. The summed E-state index contributed by atoms with van der Waals surface area (Å²) in [7, 11) is 0. The maximum absolute atomic E-state index is 12.2. The van der Waals surface area contributed by atoms with Gasteiger partial charge in [0.2, 0.25) is 0 Å². The van der Waals surface area contributed by atoms with E-state index < -0.39 is 11.7 Å². The minimum Gasteiger partial charge on any atom is -0.442 e. The van der Waals surface area contributed by atoms with Crippen molar-refractivity contribution in [3.8, 4) is 0 Å². The van der Waals surface area contributed by atoms with Gasteiger partial charge >= 0.3 is 6.09 Å². The summed E-state index contributed by atoms with van der Waals surface area (Å²) in [4.78, 5) is 23.4. The van der Waals surface area contributed by atoms with E-state index in [9.17, 15) is 9.59 Å². The Morgan fingerprint density at radius 2 is 1.90 bits per heavy atom. The molecule has 5 nitrogen and oxygen atoms in total. The summed E-state index contributed by atoms with van der Waals surface area (Å²) in [6.07, 6.45) is 0.425. The summed E-state index contributed by atoms with van der Waals surface area (Å²) in [6, 6.07) is 7.46. The molecular formula is C16H20N2O3. The Morgan fingerprint density at radius 1 is 1.24 bits per heavy atom. The van der Waals surface area contributed by atoms with Gasteiger partial charge in [-0.3, -0.25) is 0 Å². The van der Waals surface area contributed by atoms with E-state index in [0.29, 0.717) is 18.4 Å². The van der Waals surface area contributed by atoms with Crippen LogP contribution >= 0.6 is 0 Å². The normalized spacial score (nSPS) is 11.6. The van der Waals surface area contributed by atoms with Crippen molar-refractivity contribution in [2.45, 2.75) is 46.1 Å². The Morgan fingerprint density at radius 3 is 2.52 bits per heavy atom. The lowest BCUT2D eigenvalue weighted by molar-refractivity contribution is -0.116. The van der Waals surface area contributed by atoms with Crippen molar-refractivity contribution in [1.82, 2.24) is 9.78 Å². The van der Waals surface area contributed by atoms with Gasteiger partial charge in [-0.1, -0.05) is 18.2 Å². The maximum Gasteiger partial charge on any atom is 0.435 e. The number of carbonyl (C=O) groups excluding carboxylic acids is 2. The highest BCUT2D eigenvalue weighted by molar-refractivity contribution is 5.90. The van der Waals surface area contributed by atoms with Crippen molar-refractivity contribution in [3.63, 3.8) is 0 Å². The third-order valence-electron chi connectivity index (χ3n) is 2.94. The fourth-order valence-electron chi connectivity index (χ4n) is 2.05. The van der Waals surface area contributed by atoms with E-state index in [2.05, 4.69) is 5.10 Å². The largest absolute Gasteiger partial charge is 0.442 e. The summed E-state index contributed by atoms with van der Waals surface area (Å²) in [5, 5.41) is 5.21. The van der Waals surface area contributed by atoms with Gasteiger partial charge in [-0.05, 0) is 40.2 Å². The molecule has 0 N–H and O–H groups in total. The molecule has 0 aliphatic carbocycles. The summed E-state index contributed by atoms with van der Waals surface area (Å²) in [6.45, 7) is 6.99. The number of rotatable bonds is 3. The van der Waals surface area contributed by atoms with Crippen LogP contribution < -0.4 is 0 Å². The molecule has 21 heavy (non-hydrogen) atoms. The van der Waals surface area contributed by atoms with Crippen LogP contribution in [0.3, 0.4) is 0 Å². The molecule has 112 valence electrons. The maximum atomic E-state index is 12.2. The number of ketones is 1. The van der Waals surface area contributed by atoms with E-state index in [0.717, 1.165) is 11.1 Å². The molecule has 5 heteroatoms. The highest BCUT2D eigenvalue weighted by Gasteiger charge is 2.21. The minimum absolute atomic E-state index is 0.103. The van der Waals surface area contributed by atoms with Crippen LogP contribution in [-0.4, -0.2) is 27.3 Å². The summed E-state index contributed by atoms with van der Waals surface area (Å²) in [5.41, 5.74) is 0.862. The van der Waals surface area contributed by atoms with Gasteiger partial charge in [0.05, 0.1) is 11.2 Å². The smallest absolute Gasteiger partial charge is 0.435 e. The number of carbonyl (C=O) groups is 2. The number of fused-ring (bicyclic) bond motifs is 1. The molecule has 0 saturated carbocycles. The molecule has 1 aromatic heterocycles. The molecule has 0 bridgehead atoms. The highest BCUT2D eigenvalue weighted by Crippen LogP contribution is 2.21. The van der Waals surface area contributed by atoms with Gasteiger partial charge in [0.25, 0.3) is 0 Å². The number of aryl methyl sites for hydroxylation is 1. The first-order valence-electron chi connectivity index (χ1n) is 6.97. The molecule has 0 aliphatic heterocycles. The molecule has 2 aromatic rings. The number of benzene rings is 1. The number of nitrogens with zero attached hydrogens (tertiary/aromatic N) is 2. The zero-order valence-electron chi connectivity index (χ0n) is 12.8. The number of aromatic nitrogens is 2. The molecule has 0 aliphatic rings. The van der Waals surface area contributed by atoms with Crippen molar-refractivity contribution < 1.29 is 14.3 Å². The van der Waals surface area contributed by atoms with Crippen LogP contribution in [0.25, 0.3) is 10.9 Å². The van der Waals surface area contributed by atoms with Crippen molar-refractivity contribution in [2.24, 2.45) is 0 Å². The van der Waals surface area contributed by atoms with Gasteiger partial charge in [-0.25, -0.2) is 4.79 Å². The lowest BCUT2D eigenvalue weighted by Gasteiger charge is -2.19. The monoisotopic (exact) mass is 288 g/mol. The zero-order valence-corrected chi connectivity index (χ0v) is 12.8. The predicted molar refractivity (Wildman–Crippen MR) is 80.4 cm³/mol. The van der Waals surface area contributed by atoms with E-state index >= 15 is 0 Å². The van der Waals surface area contributed by atoms with E-state index in [-0.39, 0.29) is 5.78 Å². The Bertz CT molecular complexity index is 680. The van der Waals surface area contributed by atoms with E-state index in [4.69, 9.17) is 4.74 Å². The zero-order chi connectivity index (χ0) is 15.6. The van der Waals surface area contributed by atoms with Crippen molar-refractivity contribution >= 4 is 22.8 Å². The second-order valence-corrected chi connectivity index (χ2v) is 6.06. The SMILES string of the molecule is CC(=O)CCc1nn(C(=O)OC(C)(C)C)c2ccccc12. The molecule has 0 fully saturated rings. The molecule has 0 amide bonds. The Kier molecular flexibility index (Phi) is 4.11. The minimum atomic E-state index is -0.580.